The number of phenolic OH excluding ortho intramolecular Hbond substituents is 1. The van der Waals surface area contributed by atoms with Crippen molar-refractivity contribution in [3.05, 3.63) is 88.0 Å². The quantitative estimate of drug-likeness (QED) is 0.295. The molecule has 0 radical (unpaired) electrons. The van der Waals surface area contributed by atoms with E-state index in [1.165, 1.54) is 33.4 Å². The van der Waals surface area contributed by atoms with E-state index in [-0.39, 0.29) is 20.2 Å². The van der Waals surface area contributed by atoms with E-state index in [9.17, 15) is 9.50 Å². The molecule has 1 N–H and O–H groups in total. The van der Waals surface area contributed by atoms with Gasteiger partial charge in [0.25, 0.3) is 0 Å². The number of halogens is 1. The predicted octanol–water partition coefficient (Wildman–Crippen LogP) is 8.15. The molecular weight excluding hydrogens is 501 g/mol. The fraction of sp³-hybridized carbons (Fsp3) is 0.429. The molecule has 0 bridgehead atoms. The van der Waals surface area contributed by atoms with Crippen LogP contribution >= 0.6 is 0 Å². The topological polar surface area (TPSA) is 41.9 Å². The lowest BCUT2D eigenvalue weighted by molar-refractivity contribution is 0.198. The van der Waals surface area contributed by atoms with Crippen LogP contribution in [-0.4, -0.2) is 49.0 Å². The lowest BCUT2D eigenvalue weighted by Crippen LogP contribution is -2.26. The lowest BCUT2D eigenvalue weighted by atomic mass is 9.86. The number of hydrogen-bond donors (Lipinski definition) is 1. The zero-order valence-corrected chi connectivity index (χ0v) is 23.4. The van der Waals surface area contributed by atoms with Gasteiger partial charge in [-0.2, -0.15) is 0 Å². The van der Waals surface area contributed by atoms with Gasteiger partial charge in [-0.1, -0.05) is 25.6 Å². The highest BCUT2D eigenvalue weighted by molar-refractivity contribution is 6.00. The Morgan fingerprint density at radius 2 is 1.77 bits per heavy atom. The van der Waals surface area contributed by atoms with Crippen molar-refractivity contribution in [3.8, 4) is 17.2 Å². The van der Waals surface area contributed by atoms with Crippen molar-refractivity contribution in [1.82, 2.24) is 4.90 Å². The number of phenols is 1. The van der Waals surface area contributed by atoms with Gasteiger partial charge in [0.2, 0.25) is 0 Å². The number of rotatable bonds is 9. The lowest BCUT2D eigenvalue weighted by Gasteiger charge is -2.20. The van der Waals surface area contributed by atoms with Crippen molar-refractivity contribution in [1.29, 1.82) is 0 Å². The number of aryl methyl sites for hydroxylation is 3. The molecule has 5 rings (SSSR count). The van der Waals surface area contributed by atoms with Crippen molar-refractivity contribution < 1.29 is 19.0 Å². The molecule has 0 aromatic heterocycles. The van der Waals surface area contributed by atoms with Crippen LogP contribution in [0.4, 0.5) is 4.39 Å². The molecule has 3 aromatic carbocycles. The second-order valence-electron chi connectivity index (χ2n) is 10.8. The van der Waals surface area contributed by atoms with Gasteiger partial charge in [-0.05, 0) is 134 Å². The van der Waals surface area contributed by atoms with E-state index in [1.54, 1.807) is 6.07 Å². The Hall–Kier alpha value is -3.31. The van der Waals surface area contributed by atoms with Gasteiger partial charge in [0, 0.05) is 19.6 Å². The number of fused-ring (bicyclic) bond motifs is 1. The maximum Gasteiger partial charge on any atom is 0.122 e. The summed E-state index contributed by atoms with van der Waals surface area (Å²) in [6.45, 7) is 9.29. The summed E-state index contributed by atoms with van der Waals surface area (Å²) in [5.74, 6) is 2.12. The Labute approximate surface area is 239 Å². The number of nitrogens with zero attached hydrogens (tertiary/aromatic N) is 1. The molecule has 5 heteroatoms. The minimum Gasteiger partial charge on any atom is -0.508 e. The summed E-state index contributed by atoms with van der Waals surface area (Å²) in [4.78, 5) is 2.29. The number of aromatic hydroxyl groups is 1. The van der Waals surface area contributed by atoms with Crippen LogP contribution in [0.25, 0.3) is 11.1 Å². The van der Waals surface area contributed by atoms with Crippen molar-refractivity contribution in [2.45, 2.75) is 66.4 Å². The number of allylic oxidation sites excluding steroid dienone is 1. The maximum absolute atomic E-state index is 12.6. The van der Waals surface area contributed by atoms with Gasteiger partial charge in [0.05, 0.1) is 13.3 Å². The number of hydrogen-bond acceptors (Lipinski definition) is 4. The first-order chi connectivity index (χ1) is 19.0. The van der Waals surface area contributed by atoms with Crippen LogP contribution in [0, 0.1) is 13.8 Å². The number of likely N-dealkylation sites (tertiary alicyclic amines) is 1. The highest BCUT2D eigenvalue weighted by Crippen LogP contribution is 2.43. The van der Waals surface area contributed by atoms with Gasteiger partial charge in [-0.25, -0.2) is 0 Å². The average molecular weight is 546 g/mol. The molecule has 214 valence electrons. The van der Waals surface area contributed by atoms with E-state index in [1.807, 2.05) is 13.0 Å². The molecule has 40 heavy (non-hydrogen) atoms. The first-order valence-corrected chi connectivity index (χ1v) is 14.3. The van der Waals surface area contributed by atoms with E-state index < -0.39 is 0 Å². The zero-order chi connectivity index (χ0) is 27.4. The molecule has 2 aliphatic rings. The van der Waals surface area contributed by atoms with Gasteiger partial charge >= 0.3 is 0 Å². The van der Waals surface area contributed by atoms with Crippen molar-refractivity contribution >= 4 is 11.1 Å². The third-order valence-electron chi connectivity index (χ3n) is 7.96. The van der Waals surface area contributed by atoms with E-state index in [0.29, 0.717) is 18.8 Å². The van der Waals surface area contributed by atoms with Crippen LogP contribution in [-0.2, 0) is 6.42 Å². The van der Waals surface area contributed by atoms with Crippen molar-refractivity contribution in [3.63, 3.8) is 0 Å². The van der Waals surface area contributed by atoms with E-state index in [0.717, 1.165) is 67.9 Å². The summed E-state index contributed by atoms with van der Waals surface area (Å²) in [6.07, 6.45) is 4.59. The normalized spacial score (nSPS) is 17.2. The summed E-state index contributed by atoms with van der Waals surface area (Å²) in [7, 11) is 0. The molecule has 4 nitrogen and oxygen atoms in total. The molecule has 1 aliphatic heterocycles. The molecule has 0 spiro atoms. The standard InChI is InChI=1S/C34H40FNO3.CH4/c1-4-38-33-20-23(2)32(19-24(33)3)31-8-5-7-26-21-27(37)11-14-30(26)34(31)25-9-12-28(13-10-25)39-29-15-18-36(22-29)17-6-16-35;/h9-14,19-21,29,37H,4-8,15-18,22H2,1-3H3;1H4/t29-;/m0./s1. The minimum absolute atomic E-state index is 0. The number of benzene rings is 3. The maximum atomic E-state index is 12.6. The Morgan fingerprint density at radius 1 is 0.975 bits per heavy atom. The Morgan fingerprint density at radius 3 is 2.52 bits per heavy atom. The highest BCUT2D eigenvalue weighted by Gasteiger charge is 2.25. The van der Waals surface area contributed by atoms with Gasteiger partial charge in [0.15, 0.2) is 0 Å². The van der Waals surface area contributed by atoms with Crippen molar-refractivity contribution in [2.75, 3.05) is 32.9 Å². The molecule has 1 saturated heterocycles. The molecule has 3 aromatic rings. The monoisotopic (exact) mass is 545 g/mol. The Bertz CT molecular complexity index is 1330. The molecule has 0 saturated carbocycles. The van der Waals surface area contributed by atoms with Crippen LogP contribution < -0.4 is 9.47 Å². The van der Waals surface area contributed by atoms with E-state index in [2.05, 4.69) is 61.2 Å². The van der Waals surface area contributed by atoms with E-state index in [4.69, 9.17) is 9.47 Å². The van der Waals surface area contributed by atoms with Gasteiger partial charge in [-0.15, -0.1) is 0 Å². The fourth-order valence-electron chi connectivity index (χ4n) is 6.07. The predicted molar refractivity (Wildman–Crippen MR) is 163 cm³/mol. The van der Waals surface area contributed by atoms with Gasteiger partial charge in [-0.3, -0.25) is 9.29 Å². The molecular formula is C35H44FNO3. The number of ether oxygens (including phenoxy) is 2. The second-order valence-corrected chi connectivity index (χ2v) is 10.8. The summed E-state index contributed by atoms with van der Waals surface area (Å²) in [5, 5.41) is 10.3. The average Bonchev–Trinajstić information content (AvgIpc) is 3.29. The third kappa shape index (κ3) is 6.52. The molecule has 1 heterocycles. The first kappa shape index (κ1) is 29.7. The largest absolute Gasteiger partial charge is 0.508 e. The third-order valence-corrected chi connectivity index (χ3v) is 7.96. The van der Waals surface area contributed by atoms with Crippen LogP contribution in [0.3, 0.4) is 0 Å². The van der Waals surface area contributed by atoms with Crippen molar-refractivity contribution in [2.24, 2.45) is 0 Å². The van der Waals surface area contributed by atoms with Crippen LogP contribution in [0.15, 0.2) is 54.6 Å². The molecule has 0 amide bonds. The van der Waals surface area contributed by atoms with Gasteiger partial charge < -0.3 is 14.6 Å². The van der Waals surface area contributed by atoms with E-state index >= 15 is 0 Å². The Kier molecular flexibility index (Phi) is 9.91. The van der Waals surface area contributed by atoms with Crippen LogP contribution in [0.2, 0.25) is 0 Å². The summed E-state index contributed by atoms with van der Waals surface area (Å²) in [5.41, 5.74) is 9.66. The highest BCUT2D eigenvalue weighted by atomic mass is 19.1. The second kappa shape index (κ2) is 13.4. The SMILES string of the molecule is C.CCOc1cc(C)c(C2=C(c3ccc(O[C@H]4CCN(CCCF)C4)cc3)c3ccc(O)cc3CCC2)cc1C. The Balaban J connectivity index is 0.00000370. The molecule has 1 fully saturated rings. The molecule has 1 aliphatic carbocycles. The smallest absolute Gasteiger partial charge is 0.122 e. The number of alkyl halides is 1. The summed E-state index contributed by atoms with van der Waals surface area (Å²) < 4.78 is 24.8. The summed E-state index contributed by atoms with van der Waals surface area (Å²) in [6, 6.07) is 18.7. The van der Waals surface area contributed by atoms with Crippen LogP contribution in [0.5, 0.6) is 17.2 Å². The minimum atomic E-state index is -0.264. The molecule has 1 atom stereocenters. The van der Waals surface area contributed by atoms with Gasteiger partial charge in [0.1, 0.15) is 23.4 Å². The fourth-order valence-corrected chi connectivity index (χ4v) is 6.07. The summed E-state index contributed by atoms with van der Waals surface area (Å²) >= 11 is 0. The zero-order valence-electron chi connectivity index (χ0n) is 23.4. The van der Waals surface area contributed by atoms with Crippen LogP contribution in [0.1, 0.15) is 73.4 Å². The first-order valence-electron chi connectivity index (χ1n) is 14.3. The molecule has 0 unspecified atom stereocenters.